The van der Waals surface area contributed by atoms with E-state index in [0.717, 1.165) is 75.0 Å². The summed E-state index contributed by atoms with van der Waals surface area (Å²) in [6.07, 6.45) is 1.09. The van der Waals surface area contributed by atoms with Crippen molar-refractivity contribution < 1.29 is 4.74 Å². The normalized spacial score (nSPS) is 15.0. The Kier molecular flexibility index (Phi) is 10.6. The summed E-state index contributed by atoms with van der Waals surface area (Å²) in [5.41, 5.74) is 2.19. The van der Waals surface area contributed by atoms with Gasteiger partial charge in [-0.15, -0.1) is 24.0 Å². The van der Waals surface area contributed by atoms with E-state index in [-0.39, 0.29) is 24.0 Å². The molecule has 2 heterocycles. The van der Waals surface area contributed by atoms with Crippen LogP contribution in [0.25, 0.3) is 10.9 Å². The lowest BCUT2D eigenvalue weighted by molar-refractivity contribution is 0.0376. The summed E-state index contributed by atoms with van der Waals surface area (Å²) in [5, 5.41) is 7.98. The Hall–Kier alpha value is -1.65. The Morgan fingerprint density at radius 2 is 1.97 bits per heavy atom. The van der Waals surface area contributed by atoms with Gasteiger partial charge in [0.15, 0.2) is 5.96 Å². The molecular formula is C22H35IN6O. The quantitative estimate of drug-likeness (QED) is 0.239. The highest BCUT2D eigenvalue weighted by atomic mass is 127. The first-order valence-electron chi connectivity index (χ1n) is 10.6. The Balaban J connectivity index is 0.00000320. The number of rotatable bonds is 8. The zero-order chi connectivity index (χ0) is 20.5. The second-order valence-electron chi connectivity index (χ2n) is 7.48. The van der Waals surface area contributed by atoms with Crippen molar-refractivity contribution in [1.29, 1.82) is 0 Å². The molecule has 1 aromatic carbocycles. The van der Waals surface area contributed by atoms with Crippen molar-refractivity contribution in [3.63, 3.8) is 0 Å². The first-order valence-corrected chi connectivity index (χ1v) is 10.6. The number of aromatic nitrogens is 1. The van der Waals surface area contributed by atoms with Crippen LogP contribution in [0.1, 0.15) is 18.9 Å². The molecule has 0 aliphatic carbocycles. The molecular weight excluding hydrogens is 491 g/mol. The van der Waals surface area contributed by atoms with Crippen molar-refractivity contribution in [1.82, 2.24) is 20.5 Å². The fourth-order valence-corrected chi connectivity index (χ4v) is 3.43. The SMILES string of the molecule is CCNC(=NCc1cc(N(C)C)nc2ccccc12)NCCCN1CCOCC1.I. The second kappa shape index (κ2) is 12.9. The van der Waals surface area contributed by atoms with Crippen LogP contribution in [0.4, 0.5) is 5.82 Å². The fourth-order valence-electron chi connectivity index (χ4n) is 3.43. The second-order valence-corrected chi connectivity index (χ2v) is 7.48. The minimum Gasteiger partial charge on any atom is -0.379 e. The molecule has 1 aliphatic heterocycles. The maximum Gasteiger partial charge on any atom is 0.191 e. The molecule has 0 radical (unpaired) electrons. The van der Waals surface area contributed by atoms with Crippen LogP contribution in [0.3, 0.4) is 0 Å². The highest BCUT2D eigenvalue weighted by Gasteiger charge is 2.10. The van der Waals surface area contributed by atoms with Crippen LogP contribution in [0.5, 0.6) is 0 Å². The van der Waals surface area contributed by atoms with Gasteiger partial charge in [-0.25, -0.2) is 9.98 Å². The molecule has 0 bridgehead atoms. The molecule has 3 rings (SSSR count). The number of hydrogen-bond acceptors (Lipinski definition) is 5. The van der Waals surface area contributed by atoms with Crippen molar-refractivity contribution in [2.24, 2.45) is 4.99 Å². The Labute approximate surface area is 197 Å². The summed E-state index contributed by atoms with van der Waals surface area (Å²) in [6, 6.07) is 10.4. The Morgan fingerprint density at radius 3 is 2.70 bits per heavy atom. The number of halogens is 1. The molecule has 0 amide bonds. The maximum absolute atomic E-state index is 5.41. The first-order chi connectivity index (χ1) is 14.2. The average Bonchev–Trinajstić information content (AvgIpc) is 2.75. The predicted octanol–water partition coefficient (Wildman–Crippen LogP) is 2.70. The standard InChI is InChI=1S/C22H34N6O.HI/c1-4-23-22(24-10-7-11-28-12-14-29-15-13-28)25-17-18-16-21(27(2)3)26-20-9-6-5-8-19(18)20;/h5-6,8-9,16H,4,7,10-15,17H2,1-3H3,(H2,23,24,25);1H. The number of morpholine rings is 1. The van der Waals surface area contributed by atoms with Gasteiger partial charge in [0.25, 0.3) is 0 Å². The molecule has 7 nitrogen and oxygen atoms in total. The third-order valence-corrected chi connectivity index (χ3v) is 5.05. The Bertz CT molecular complexity index is 807. The molecule has 0 atom stereocenters. The molecule has 0 saturated carbocycles. The molecule has 1 saturated heterocycles. The number of fused-ring (bicyclic) bond motifs is 1. The van der Waals surface area contributed by atoms with Crippen LogP contribution in [-0.4, -0.2) is 75.9 Å². The summed E-state index contributed by atoms with van der Waals surface area (Å²) in [5.74, 6) is 1.82. The van der Waals surface area contributed by atoms with Gasteiger partial charge in [0, 0.05) is 45.7 Å². The van der Waals surface area contributed by atoms with Gasteiger partial charge in [-0.2, -0.15) is 0 Å². The van der Waals surface area contributed by atoms with Gasteiger partial charge in [-0.05, 0) is 37.6 Å². The van der Waals surface area contributed by atoms with Crippen molar-refractivity contribution in [3.8, 4) is 0 Å². The van der Waals surface area contributed by atoms with E-state index in [0.29, 0.717) is 6.54 Å². The lowest BCUT2D eigenvalue weighted by Crippen LogP contribution is -2.40. The molecule has 1 fully saturated rings. The van der Waals surface area contributed by atoms with Gasteiger partial charge in [-0.3, -0.25) is 4.90 Å². The van der Waals surface area contributed by atoms with Crippen LogP contribution in [0.2, 0.25) is 0 Å². The van der Waals surface area contributed by atoms with Crippen molar-refractivity contribution in [3.05, 3.63) is 35.9 Å². The molecule has 2 aromatic rings. The van der Waals surface area contributed by atoms with Crippen LogP contribution in [0.15, 0.2) is 35.3 Å². The number of benzene rings is 1. The zero-order valence-electron chi connectivity index (χ0n) is 18.4. The third-order valence-electron chi connectivity index (χ3n) is 5.05. The van der Waals surface area contributed by atoms with E-state index in [2.05, 4.69) is 46.7 Å². The van der Waals surface area contributed by atoms with Crippen LogP contribution in [-0.2, 0) is 11.3 Å². The number of hydrogen-bond donors (Lipinski definition) is 2. The maximum atomic E-state index is 5.41. The largest absolute Gasteiger partial charge is 0.379 e. The number of nitrogens with one attached hydrogen (secondary N) is 2. The van der Waals surface area contributed by atoms with Crippen molar-refractivity contribution in [2.75, 3.05) is 64.9 Å². The smallest absolute Gasteiger partial charge is 0.191 e. The van der Waals surface area contributed by atoms with Crippen molar-refractivity contribution >= 4 is 46.7 Å². The molecule has 0 unspecified atom stereocenters. The molecule has 2 N–H and O–H groups in total. The number of anilines is 1. The van der Waals surface area contributed by atoms with Gasteiger partial charge < -0.3 is 20.3 Å². The van der Waals surface area contributed by atoms with E-state index in [1.54, 1.807) is 0 Å². The number of nitrogens with zero attached hydrogens (tertiary/aromatic N) is 4. The highest BCUT2D eigenvalue weighted by Crippen LogP contribution is 2.22. The van der Waals surface area contributed by atoms with Crippen LogP contribution < -0.4 is 15.5 Å². The molecule has 166 valence electrons. The molecule has 1 aliphatic rings. The molecule has 30 heavy (non-hydrogen) atoms. The first kappa shape index (κ1) is 24.6. The van der Waals surface area contributed by atoms with Crippen LogP contribution >= 0.6 is 24.0 Å². The Morgan fingerprint density at radius 1 is 1.20 bits per heavy atom. The number of guanidine groups is 1. The van der Waals surface area contributed by atoms with Gasteiger partial charge in [0.2, 0.25) is 0 Å². The van der Waals surface area contributed by atoms with Crippen LogP contribution in [0, 0.1) is 0 Å². The lowest BCUT2D eigenvalue weighted by atomic mass is 10.1. The highest BCUT2D eigenvalue weighted by molar-refractivity contribution is 14.0. The van der Waals surface area contributed by atoms with E-state index in [1.165, 1.54) is 5.56 Å². The molecule has 8 heteroatoms. The number of aliphatic imine (C=N–C) groups is 1. The van der Waals surface area contributed by atoms with E-state index < -0.39 is 0 Å². The summed E-state index contributed by atoms with van der Waals surface area (Å²) >= 11 is 0. The summed E-state index contributed by atoms with van der Waals surface area (Å²) < 4.78 is 5.41. The summed E-state index contributed by atoms with van der Waals surface area (Å²) in [6.45, 7) is 9.34. The summed E-state index contributed by atoms with van der Waals surface area (Å²) in [7, 11) is 4.04. The predicted molar refractivity (Wildman–Crippen MR) is 136 cm³/mol. The number of ether oxygens (including phenoxy) is 1. The summed E-state index contributed by atoms with van der Waals surface area (Å²) in [4.78, 5) is 14.1. The number of pyridine rings is 1. The minimum absolute atomic E-state index is 0. The molecule has 1 aromatic heterocycles. The van der Waals surface area contributed by atoms with Gasteiger partial charge in [-0.1, -0.05) is 18.2 Å². The van der Waals surface area contributed by atoms with E-state index in [1.807, 2.05) is 25.1 Å². The minimum atomic E-state index is 0. The monoisotopic (exact) mass is 526 g/mol. The average molecular weight is 526 g/mol. The van der Waals surface area contributed by atoms with Gasteiger partial charge in [0.05, 0.1) is 25.3 Å². The van der Waals surface area contributed by atoms with Crippen molar-refractivity contribution in [2.45, 2.75) is 19.9 Å². The van der Waals surface area contributed by atoms with E-state index >= 15 is 0 Å². The third kappa shape index (κ3) is 7.24. The van der Waals surface area contributed by atoms with E-state index in [4.69, 9.17) is 14.7 Å². The van der Waals surface area contributed by atoms with Gasteiger partial charge >= 0.3 is 0 Å². The van der Waals surface area contributed by atoms with Gasteiger partial charge in [0.1, 0.15) is 5.82 Å². The lowest BCUT2D eigenvalue weighted by Gasteiger charge is -2.26. The number of para-hydroxylation sites is 1. The topological polar surface area (TPSA) is 65.0 Å². The zero-order valence-corrected chi connectivity index (χ0v) is 20.7. The van der Waals surface area contributed by atoms with E-state index in [9.17, 15) is 0 Å². The molecule has 0 spiro atoms. The fraction of sp³-hybridized carbons (Fsp3) is 0.545.